The number of nitrogens with two attached hydrogens (primary N) is 1. The second-order valence-electron chi connectivity index (χ2n) is 3.75. The molecule has 0 heterocycles. The SMILES string of the molecule is C=N/C(=N\CC(C)(C)I)NCC(=N)/C=C\N. The zero-order valence-electron chi connectivity index (χ0n) is 9.63. The van der Waals surface area contributed by atoms with Crippen molar-refractivity contribution in [1.29, 1.82) is 5.41 Å². The van der Waals surface area contributed by atoms with Crippen molar-refractivity contribution < 1.29 is 0 Å². The number of hydrogen-bond donors (Lipinski definition) is 3. The second kappa shape index (κ2) is 7.37. The van der Waals surface area contributed by atoms with Crippen LogP contribution in [0.5, 0.6) is 0 Å². The summed E-state index contributed by atoms with van der Waals surface area (Å²) >= 11 is 2.31. The van der Waals surface area contributed by atoms with Crippen molar-refractivity contribution in [3.63, 3.8) is 0 Å². The average Bonchev–Trinajstić information content (AvgIpc) is 2.17. The molecule has 0 unspecified atom stereocenters. The average molecular weight is 335 g/mol. The van der Waals surface area contributed by atoms with Crippen molar-refractivity contribution in [2.75, 3.05) is 13.1 Å². The van der Waals surface area contributed by atoms with Gasteiger partial charge in [-0.3, -0.25) is 4.99 Å². The number of nitrogens with one attached hydrogen (secondary N) is 2. The molecule has 0 aliphatic carbocycles. The number of nitrogens with zero attached hydrogens (tertiary/aromatic N) is 2. The van der Waals surface area contributed by atoms with E-state index in [1.54, 1.807) is 0 Å². The van der Waals surface area contributed by atoms with Crippen LogP contribution >= 0.6 is 22.6 Å². The first-order valence-corrected chi connectivity index (χ1v) is 5.86. The molecular weight excluding hydrogens is 317 g/mol. The Hall–Kier alpha value is -0.920. The van der Waals surface area contributed by atoms with E-state index in [0.29, 0.717) is 24.8 Å². The van der Waals surface area contributed by atoms with E-state index < -0.39 is 0 Å². The summed E-state index contributed by atoms with van der Waals surface area (Å²) in [5, 5.41) is 10.4. The van der Waals surface area contributed by atoms with Gasteiger partial charge in [0.1, 0.15) is 0 Å². The van der Waals surface area contributed by atoms with Gasteiger partial charge in [-0.15, -0.1) is 0 Å². The normalized spacial score (nSPS) is 12.8. The lowest BCUT2D eigenvalue weighted by Crippen LogP contribution is -2.28. The van der Waals surface area contributed by atoms with E-state index in [-0.39, 0.29) is 3.42 Å². The predicted molar refractivity (Wildman–Crippen MR) is 79.0 cm³/mol. The predicted octanol–water partition coefficient (Wildman–Crippen LogP) is 1.34. The smallest absolute Gasteiger partial charge is 0.217 e. The fraction of sp³-hybridized carbons (Fsp3) is 0.500. The maximum atomic E-state index is 7.46. The van der Waals surface area contributed by atoms with E-state index in [4.69, 9.17) is 11.1 Å². The van der Waals surface area contributed by atoms with Gasteiger partial charge in [0, 0.05) is 3.42 Å². The molecule has 0 aromatic rings. The highest BCUT2D eigenvalue weighted by Crippen LogP contribution is 2.16. The Balaban J connectivity index is 4.21. The number of aliphatic imine (C=N–C) groups is 2. The van der Waals surface area contributed by atoms with E-state index in [1.807, 2.05) is 0 Å². The van der Waals surface area contributed by atoms with Crippen LogP contribution in [0.4, 0.5) is 0 Å². The minimum Gasteiger partial charge on any atom is -0.405 e. The van der Waals surface area contributed by atoms with Crippen LogP contribution in [-0.4, -0.2) is 34.9 Å². The molecule has 0 atom stereocenters. The molecule has 0 saturated heterocycles. The first-order valence-electron chi connectivity index (χ1n) is 4.78. The van der Waals surface area contributed by atoms with E-state index in [1.165, 1.54) is 12.3 Å². The Bertz CT molecular complexity index is 301. The molecule has 5 nitrogen and oxygen atoms in total. The van der Waals surface area contributed by atoms with Crippen molar-refractivity contribution in [3.05, 3.63) is 12.3 Å². The van der Waals surface area contributed by atoms with Gasteiger partial charge >= 0.3 is 0 Å². The van der Waals surface area contributed by atoms with Gasteiger partial charge in [0.15, 0.2) is 0 Å². The zero-order valence-corrected chi connectivity index (χ0v) is 11.8. The van der Waals surface area contributed by atoms with Crippen molar-refractivity contribution in [2.24, 2.45) is 15.7 Å². The third-order valence-electron chi connectivity index (χ3n) is 1.49. The molecular formula is C10H18IN5. The van der Waals surface area contributed by atoms with Crippen molar-refractivity contribution in [2.45, 2.75) is 17.3 Å². The topological polar surface area (TPSA) is 86.6 Å². The molecule has 6 heteroatoms. The second-order valence-corrected chi connectivity index (χ2v) is 6.67. The molecule has 0 aromatic carbocycles. The van der Waals surface area contributed by atoms with Crippen molar-refractivity contribution in [1.82, 2.24) is 5.32 Å². The van der Waals surface area contributed by atoms with Gasteiger partial charge in [-0.25, -0.2) is 4.99 Å². The molecule has 4 N–H and O–H groups in total. The Labute approximate surface area is 110 Å². The molecule has 0 aromatic heterocycles. The summed E-state index contributed by atoms with van der Waals surface area (Å²) < 4.78 is 0.0834. The molecule has 0 aliphatic rings. The quantitative estimate of drug-likeness (QED) is 0.306. The molecule has 0 spiro atoms. The Morgan fingerprint density at radius 1 is 1.62 bits per heavy atom. The van der Waals surface area contributed by atoms with Crippen LogP contribution in [0.2, 0.25) is 0 Å². The number of rotatable bonds is 5. The molecule has 0 bridgehead atoms. The van der Waals surface area contributed by atoms with E-state index >= 15 is 0 Å². The van der Waals surface area contributed by atoms with Crippen molar-refractivity contribution >= 4 is 41.0 Å². The van der Waals surface area contributed by atoms with E-state index in [0.717, 1.165) is 0 Å². The van der Waals surface area contributed by atoms with Crippen LogP contribution in [-0.2, 0) is 0 Å². The highest BCUT2D eigenvalue weighted by Gasteiger charge is 2.11. The van der Waals surface area contributed by atoms with Crippen molar-refractivity contribution in [3.8, 4) is 0 Å². The first-order chi connectivity index (χ1) is 7.39. The molecule has 90 valence electrons. The van der Waals surface area contributed by atoms with Crippen LogP contribution < -0.4 is 11.1 Å². The standard InChI is InChI=1S/C10H18IN5/c1-10(2,11)7-16-9(14-3)15-6-8(13)4-5-12/h4-5,13H,3,6-7,12H2,1-2H3,(H,15,16)/b5-4-,13-8?. The van der Waals surface area contributed by atoms with Gasteiger partial charge in [-0.2, -0.15) is 0 Å². The maximum Gasteiger partial charge on any atom is 0.217 e. The highest BCUT2D eigenvalue weighted by molar-refractivity contribution is 14.1. The zero-order chi connectivity index (χ0) is 12.6. The Kier molecular flexibility index (Phi) is 6.95. The molecule has 0 fully saturated rings. The summed E-state index contributed by atoms with van der Waals surface area (Å²) in [6, 6.07) is 0. The molecule has 0 aliphatic heterocycles. The third kappa shape index (κ3) is 8.39. The van der Waals surface area contributed by atoms with Crippen LogP contribution in [0.3, 0.4) is 0 Å². The molecule has 16 heavy (non-hydrogen) atoms. The van der Waals surface area contributed by atoms with Crippen LogP contribution in [0.15, 0.2) is 22.3 Å². The Morgan fingerprint density at radius 3 is 2.69 bits per heavy atom. The lowest BCUT2D eigenvalue weighted by molar-refractivity contribution is 0.755. The fourth-order valence-corrected chi connectivity index (χ4v) is 0.945. The van der Waals surface area contributed by atoms with Gasteiger partial charge in [0.2, 0.25) is 5.96 Å². The number of hydrogen-bond acceptors (Lipinski definition) is 3. The van der Waals surface area contributed by atoms with Gasteiger partial charge in [0.05, 0.1) is 18.8 Å². The minimum absolute atomic E-state index is 0.0834. The van der Waals surface area contributed by atoms with Gasteiger partial charge in [-0.05, 0) is 32.8 Å². The Morgan fingerprint density at radius 2 is 2.25 bits per heavy atom. The van der Waals surface area contributed by atoms with Crippen LogP contribution in [0.1, 0.15) is 13.8 Å². The summed E-state index contributed by atoms with van der Waals surface area (Å²) in [7, 11) is 0. The van der Waals surface area contributed by atoms with E-state index in [2.05, 4.69) is 58.5 Å². The number of guanidine groups is 1. The fourth-order valence-electron chi connectivity index (χ4n) is 0.774. The highest BCUT2D eigenvalue weighted by atomic mass is 127. The van der Waals surface area contributed by atoms with Crippen LogP contribution in [0.25, 0.3) is 0 Å². The minimum atomic E-state index is 0.0834. The maximum absolute atomic E-state index is 7.46. The van der Waals surface area contributed by atoms with E-state index in [9.17, 15) is 0 Å². The first kappa shape index (κ1) is 15.1. The summed E-state index contributed by atoms with van der Waals surface area (Å²) in [6.45, 7) is 8.58. The third-order valence-corrected chi connectivity index (χ3v) is 1.83. The van der Waals surface area contributed by atoms with Gasteiger partial charge in [0.25, 0.3) is 0 Å². The number of halogens is 1. The molecule has 0 radical (unpaired) electrons. The summed E-state index contributed by atoms with van der Waals surface area (Å²) in [6.07, 6.45) is 2.84. The monoisotopic (exact) mass is 335 g/mol. The molecule has 0 amide bonds. The summed E-state index contributed by atoms with van der Waals surface area (Å²) in [5.41, 5.74) is 5.54. The summed E-state index contributed by atoms with van der Waals surface area (Å²) in [5.74, 6) is 0.458. The van der Waals surface area contributed by atoms with Gasteiger partial charge < -0.3 is 16.5 Å². The molecule has 0 saturated carbocycles. The van der Waals surface area contributed by atoms with Crippen LogP contribution in [0, 0.1) is 5.41 Å². The summed E-state index contributed by atoms with van der Waals surface area (Å²) in [4.78, 5) is 8.02. The lowest BCUT2D eigenvalue weighted by atomic mass is 10.2. The number of alkyl halides is 1. The molecule has 0 rings (SSSR count). The van der Waals surface area contributed by atoms with Gasteiger partial charge in [-0.1, -0.05) is 22.6 Å². The largest absolute Gasteiger partial charge is 0.405 e. The lowest BCUT2D eigenvalue weighted by Gasteiger charge is -2.13.